The summed E-state index contributed by atoms with van der Waals surface area (Å²) < 4.78 is 5.52. The lowest BCUT2D eigenvalue weighted by Crippen LogP contribution is -2.53. The van der Waals surface area contributed by atoms with Gasteiger partial charge in [0, 0.05) is 18.5 Å². The number of carbonyl (C=O) groups is 3. The molecule has 2 aromatic carbocycles. The molecule has 0 aromatic heterocycles. The maximum Gasteiger partial charge on any atom is 0.407 e. The van der Waals surface area contributed by atoms with E-state index in [1.165, 1.54) is 0 Å². The van der Waals surface area contributed by atoms with Gasteiger partial charge in [0.2, 0.25) is 5.91 Å². The lowest BCUT2D eigenvalue weighted by Gasteiger charge is -2.37. The van der Waals surface area contributed by atoms with Crippen molar-refractivity contribution in [2.24, 2.45) is 5.92 Å². The molecule has 1 fully saturated rings. The van der Waals surface area contributed by atoms with Crippen molar-refractivity contribution in [3.63, 3.8) is 0 Å². The van der Waals surface area contributed by atoms with Gasteiger partial charge in [-0.1, -0.05) is 48.5 Å². The number of aliphatic carboxylic acids is 1. The highest BCUT2D eigenvalue weighted by Crippen LogP contribution is 2.44. The fourth-order valence-corrected chi connectivity index (χ4v) is 4.85. The normalized spacial score (nSPS) is 20.8. The van der Waals surface area contributed by atoms with Crippen molar-refractivity contribution in [2.75, 3.05) is 13.2 Å². The number of carboxylic acid groups (broad SMARTS) is 1. The fraction of sp³-hybridized carbons (Fsp3) is 0.400. The molecule has 0 spiro atoms. The van der Waals surface area contributed by atoms with E-state index >= 15 is 0 Å². The Hall–Kier alpha value is -3.35. The van der Waals surface area contributed by atoms with Crippen LogP contribution < -0.4 is 5.32 Å². The van der Waals surface area contributed by atoms with E-state index in [2.05, 4.69) is 29.6 Å². The Bertz CT molecular complexity index is 991. The van der Waals surface area contributed by atoms with Gasteiger partial charge >= 0.3 is 12.1 Å². The summed E-state index contributed by atoms with van der Waals surface area (Å²) in [7, 11) is 0. The van der Waals surface area contributed by atoms with Crippen molar-refractivity contribution < 1.29 is 24.2 Å². The van der Waals surface area contributed by atoms with Crippen LogP contribution in [0.4, 0.5) is 4.79 Å². The number of hydrogen-bond acceptors (Lipinski definition) is 4. The molecule has 168 valence electrons. The first-order valence-corrected chi connectivity index (χ1v) is 11.0. The monoisotopic (exact) mass is 436 g/mol. The summed E-state index contributed by atoms with van der Waals surface area (Å²) in [5.41, 5.74) is 4.56. The highest BCUT2D eigenvalue weighted by molar-refractivity contribution is 5.86. The maximum atomic E-state index is 12.8. The molecule has 2 N–H and O–H groups in total. The Morgan fingerprint density at radius 2 is 1.69 bits per heavy atom. The van der Waals surface area contributed by atoms with Crippen molar-refractivity contribution in [3.05, 3.63) is 59.7 Å². The Balaban J connectivity index is 1.34. The smallest absolute Gasteiger partial charge is 0.407 e. The zero-order valence-electron chi connectivity index (χ0n) is 18.3. The van der Waals surface area contributed by atoms with E-state index in [0.717, 1.165) is 22.3 Å². The number of fused-ring (bicyclic) bond motifs is 3. The van der Waals surface area contributed by atoms with Gasteiger partial charge in [0.05, 0.1) is 5.92 Å². The molecule has 2 aliphatic rings. The molecule has 0 bridgehead atoms. The minimum absolute atomic E-state index is 0.0470. The van der Waals surface area contributed by atoms with Crippen LogP contribution in [0.15, 0.2) is 48.5 Å². The molecule has 4 rings (SSSR count). The summed E-state index contributed by atoms with van der Waals surface area (Å²) in [5.74, 6) is -1.53. The van der Waals surface area contributed by atoms with E-state index in [4.69, 9.17) is 4.74 Å². The molecule has 0 saturated carbocycles. The van der Waals surface area contributed by atoms with Crippen LogP contribution in [0.1, 0.15) is 43.7 Å². The number of ether oxygens (including phenoxy) is 1. The van der Waals surface area contributed by atoms with Crippen LogP contribution in [-0.2, 0) is 14.3 Å². The van der Waals surface area contributed by atoms with Crippen LogP contribution in [0.25, 0.3) is 11.1 Å². The molecule has 3 atom stereocenters. The molecule has 2 aromatic rings. The number of carbonyl (C=O) groups excluding carboxylic acids is 2. The summed E-state index contributed by atoms with van der Waals surface area (Å²) in [6.07, 6.45) is 0.197. The van der Waals surface area contributed by atoms with E-state index in [-0.39, 0.29) is 24.5 Å². The first-order chi connectivity index (χ1) is 15.4. The quantitative estimate of drug-likeness (QED) is 0.746. The Kier molecular flexibility index (Phi) is 6.17. The van der Waals surface area contributed by atoms with Gasteiger partial charge in [0.15, 0.2) is 0 Å². The van der Waals surface area contributed by atoms with E-state index < -0.39 is 24.0 Å². The summed E-state index contributed by atoms with van der Waals surface area (Å²) in [4.78, 5) is 38.1. The van der Waals surface area contributed by atoms with Crippen LogP contribution >= 0.6 is 0 Å². The van der Waals surface area contributed by atoms with Crippen LogP contribution in [-0.4, -0.2) is 53.2 Å². The summed E-state index contributed by atoms with van der Waals surface area (Å²) >= 11 is 0. The molecule has 0 radical (unpaired) electrons. The molecule has 7 nitrogen and oxygen atoms in total. The number of benzene rings is 2. The predicted octanol–water partition coefficient (Wildman–Crippen LogP) is 3.63. The van der Waals surface area contributed by atoms with E-state index in [1.54, 1.807) is 11.8 Å². The second-order valence-electron chi connectivity index (χ2n) is 8.63. The topological polar surface area (TPSA) is 95.9 Å². The van der Waals surface area contributed by atoms with Crippen molar-refractivity contribution in [1.29, 1.82) is 0 Å². The highest BCUT2D eigenvalue weighted by Gasteiger charge is 2.35. The fourth-order valence-electron chi connectivity index (χ4n) is 4.85. The molecule has 32 heavy (non-hydrogen) atoms. The predicted molar refractivity (Wildman–Crippen MR) is 119 cm³/mol. The number of rotatable bonds is 5. The first-order valence-electron chi connectivity index (χ1n) is 11.0. The zero-order valence-corrected chi connectivity index (χ0v) is 18.3. The lowest BCUT2D eigenvalue weighted by molar-refractivity contribution is -0.147. The minimum atomic E-state index is -0.825. The van der Waals surface area contributed by atoms with Crippen molar-refractivity contribution in [1.82, 2.24) is 10.2 Å². The van der Waals surface area contributed by atoms with E-state index in [9.17, 15) is 19.5 Å². The SMILES string of the molecule is C[C@H](NC(=O)OCC1c2ccccc2-c2ccccc21)C(=O)N1CC[C@@H](C(=O)O)C[C@H]1C. The van der Waals surface area contributed by atoms with Gasteiger partial charge in [-0.15, -0.1) is 0 Å². The van der Waals surface area contributed by atoms with Gasteiger partial charge in [-0.05, 0) is 48.9 Å². The van der Waals surface area contributed by atoms with E-state index in [1.807, 2.05) is 31.2 Å². The van der Waals surface area contributed by atoms with Gasteiger partial charge in [-0.2, -0.15) is 0 Å². The van der Waals surface area contributed by atoms with Crippen molar-refractivity contribution in [2.45, 2.75) is 44.7 Å². The van der Waals surface area contributed by atoms with Crippen molar-refractivity contribution in [3.8, 4) is 11.1 Å². The molecular formula is C25H28N2O5. The first kappa shape index (κ1) is 21.9. The zero-order chi connectivity index (χ0) is 22.8. The number of nitrogens with zero attached hydrogens (tertiary/aromatic N) is 1. The van der Waals surface area contributed by atoms with Gasteiger partial charge in [0.1, 0.15) is 12.6 Å². The molecule has 2 amide bonds. The largest absolute Gasteiger partial charge is 0.481 e. The Labute approximate surface area is 187 Å². The number of carboxylic acids is 1. The van der Waals surface area contributed by atoms with Crippen molar-refractivity contribution >= 4 is 18.0 Å². The average Bonchev–Trinajstić information content (AvgIpc) is 3.11. The van der Waals surface area contributed by atoms with Crippen LogP contribution in [0.2, 0.25) is 0 Å². The third-order valence-corrected chi connectivity index (χ3v) is 6.56. The molecule has 7 heteroatoms. The molecule has 1 aliphatic carbocycles. The minimum Gasteiger partial charge on any atom is -0.481 e. The van der Waals surface area contributed by atoms with Crippen LogP contribution in [0.5, 0.6) is 0 Å². The molecule has 1 saturated heterocycles. The van der Waals surface area contributed by atoms with Crippen LogP contribution in [0.3, 0.4) is 0 Å². The Morgan fingerprint density at radius 1 is 1.09 bits per heavy atom. The summed E-state index contributed by atoms with van der Waals surface area (Å²) in [6.45, 7) is 4.02. The number of nitrogens with one attached hydrogen (secondary N) is 1. The third-order valence-electron chi connectivity index (χ3n) is 6.56. The molecule has 1 aliphatic heterocycles. The highest BCUT2D eigenvalue weighted by atomic mass is 16.5. The second-order valence-corrected chi connectivity index (χ2v) is 8.63. The number of alkyl carbamates (subject to hydrolysis) is 1. The van der Waals surface area contributed by atoms with Gasteiger partial charge in [-0.3, -0.25) is 9.59 Å². The van der Waals surface area contributed by atoms with Crippen LogP contribution in [0, 0.1) is 5.92 Å². The van der Waals surface area contributed by atoms with E-state index in [0.29, 0.717) is 19.4 Å². The van der Waals surface area contributed by atoms with Gasteiger partial charge < -0.3 is 20.1 Å². The molecule has 1 heterocycles. The number of piperidine rings is 1. The van der Waals surface area contributed by atoms with Gasteiger partial charge in [-0.25, -0.2) is 4.79 Å². The summed E-state index contributed by atoms with van der Waals surface area (Å²) in [5, 5.41) is 11.8. The number of amides is 2. The Morgan fingerprint density at radius 3 is 2.25 bits per heavy atom. The molecule has 0 unspecified atom stereocenters. The standard InChI is InChI=1S/C25H28N2O5/c1-15-13-17(24(29)30)11-12-27(15)23(28)16(2)26-25(31)32-14-22-20-9-5-3-7-18(20)19-8-4-6-10-21(19)22/h3-10,15-17,22H,11-14H2,1-2H3,(H,26,31)(H,29,30)/t15-,16+,17-/m1/s1. The van der Waals surface area contributed by atoms with Gasteiger partial charge in [0.25, 0.3) is 0 Å². The number of likely N-dealkylation sites (tertiary alicyclic amines) is 1. The third kappa shape index (κ3) is 4.20. The summed E-state index contributed by atoms with van der Waals surface area (Å²) in [6, 6.07) is 15.3. The lowest BCUT2D eigenvalue weighted by atomic mass is 9.91. The number of hydrogen-bond donors (Lipinski definition) is 2. The second kappa shape index (κ2) is 9.02. The maximum absolute atomic E-state index is 12.8. The molecular weight excluding hydrogens is 408 g/mol. The average molecular weight is 437 g/mol.